The molecule has 2 N–H and O–H groups in total. The van der Waals surface area contributed by atoms with Crippen molar-refractivity contribution in [3.8, 4) is 11.5 Å². The van der Waals surface area contributed by atoms with Crippen LogP contribution in [0.2, 0.25) is 0 Å². The summed E-state index contributed by atoms with van der Waals surface area (Å²) in [5.41, 5.74) is 5.78. The molecule has 2 aliphatic rings. The quantitative estimate of drug-likeness (QED) is 0.270. The molecule has 6 rings (SSSR count). The number of ether oxygens (including phenoxy) is 2. The minimum atomic E-state index is -1.13. The second-order valence-electron chi connectivity index (χ2n) is 10.2. The second-order valence-corrected chi connectivity index (χ2v) is 10.2. The summed E-state index contributed by atoms with van der Waals surface area (Å²) in [5, 5.41) is 7.15. The van der Waals surface area contributed by atoms with E-state index in [9.17, 15) is 4.79 Å². The molecule has 0 aliphatic carbocycles. The first-order valence-corrected chi connectivity index (χ1v) is 12.8. The minimum Gasteiger partial charge on any atom is -0.456 e. The molecule has 4 aromatic rings. The van der Waals surface area contributed by atoms with Gasteiger partial charge in [0.2, 0.25) is 0 Å². The molecule has 1 unspecified atom stereocenters. The van der Waals surface area contributed by atoms with Gasteiger partial charge in [0.25, 0.3) is 0 Å². The van der Waals surface area contributed by atoms with E-state index in [1.165, 1.54) is 0 Å². The van der Waals surface area contributed by atoms with E-state index < -0.39 is 5.60 Å². The van der Waals surface area contributed by atoms with E-state index in [-0.39, 0.29) is 5.97 Å². The minimum absolute atomic E-state index is 0.329. The summed E-state index contributed by atoms with van der Waals surface area (Å²) in [6.07, 6.45) is 1.02. The van der Waals surface area contributed by atoms with Crippen LogP contribution in [0.1, 0.15) is 52.9 Å². The fourth-order valence-corrected chi connectivity index (χ4v) is 5.33. The van der Waals surface area contributed by atoms with Crippen LogP contribution in [0, 0.1) is 12.8 Å². The van der Waals surface area contributed by atoms with Crippen molar-refractivity contribution in [2.24, 2.45) is 5.92 Å². The molecular formula is C32H30N2O3. The standard InChI is InChI=1S/C32H30N2O3/c1-20(2)16-17-33-26-14-9-15-28-30(26)32(24-13-8-7-12-23(24)31(35)37-32)25-19-27(21(3)18-29(25)36-28)34-22-10-5-4-6-11-22/h4-15,18-20,33-34H,16-17H2,1-3H3. The van der Waals surface area contributed by atoms with Gasteiger partial charge in [-0.25, -0.2) is 4.79 Å². The molecule has 186 valence electrons. The Morgan fingerprint density at radius 3 is 2.43 bits per heavy atom. The maximum Gasteiger partial charge on any atom is 0.340 e. The molecule has 4 aromatic carbocycles. The van der Waals surface area contributed by atoms with E-state index in [1.54, 1.807) is 0 Å². The third-order valence-corrected chi connectivity index (χ3v) is 7.17. The van der Waals surface area contributed by atoms with E-state index in [4.69, 9.17) is 9.47 Å². The number of esters is 1. The summed E-state index contributed by atoms with van der Waals surface area (Å²) in [5.74, 6) is 1.62. The summed E-state index contributed by atoms with van der Waals surface area (Å²) in [7, 11) is 0. The zero-order valence-electron chi connectivity index (χ0n) is 21.3. The van der Waals surface area contributed by atoms with Gasteiger partial charge >= 0.3 is 5.97 Å². The van der Waals surface area contributed by atoms with Gasteiger partial charge in [-0.05, 0) is 67.3 Å². The number of aryl methyl sites for hydroxylation is 1. The monoisotopic (exact) mass is 490 g/mol. The van der Waals surface area contributed by atoms with Gasteiger partial charge in [-0.15, -0.1) is 0 Å². The Bertz CT molecular complexity index is 1500. The van der Waals surface area contributed by atoms with Crippen molar-refractivity contribution in [3.63, 3.8) is 0 Å². The highest BCUT2D eigenvalue weighted by molar-refractivity contribution is 5.97. The highest BCUT2D eigenvalue weighted by Crippen LogP contribution is 2.58. The van der Waals surface area contributed by atoms with E-state index >= 15 is 0 Å². The molecule has 0 fully saturated rings. The molecule has 1 spiro atoms. The van der Waals surface area contributed by atoms with Crippen LogP contribution in [0.25, 0.3) is 0 Å². The zero-order valence-corrected chi connectivity index (χ0v) is 21.3. The number of carbonyl (C=O) groups is 1. The number of hydrogen-bond acceptors (Lipinski definition) is 5. The van der Waals surface area contributed by atoms with Crippen molar-refractivity contribution >= 4 is 23.0 Å². The molecule has 2 aliphatic heterocycles. The third kappa shape index (κ3) is 3.82. The van der Waals surface area contributed by atoms with Gasteiger partial charge in [-0.1, -0.05) is 56.3 Å². The van der Waals surface area contributed by atoms with Crippen molar-refractivity contribution in [2.75, 3.05) is 17.2 Å². The summed E-state index contributed by atoms with van der Waals surface area (Å²) < 4.78 is 12.9. The van der Waals surface area contributed by atoms with Crippen molar-refractivity contribution in [1.82, 2.24) is 0 Å². The van der Waals surface area contributed by atoms with Crippen molar-refractivity contribution in [3.05, 3.63) is 113 Å². The first-order chi connectivity index (χ1) is 18.0. The predicted molar refractivity (Wildman–Crippen MR) is 147 cm³/mol. The van der Waals surface area contributed by atoms with Gasteiger partial charge in [-0.2, -0.15) is 0 Å². The number of fused-ring (bicyclic) bond motifs is 6. The van der Waals surface area contributed by atoms with Gasteiger partial charge in [-0.3, -0.25) is 0 Å². The average Bonchev–Trinajstić information content (AvgIpc) is 3.18. The Morgan fingerprint density at radius 1 is 0.838 bits per heavy atom. The molecular weight excluding hydrogens is 460 g/mol. The normalized spacial score (nSPS) is 17.0. The van der Waals surface area contributed by atoms with Crippen molar-refractivity contribution in [2.45, 2.75) is 32.8 Å². The largest absolute Gasteiger partial charge is 0.456 e. The van der Waals surface area contributed by atoms with Gasteiger partial charge in [0.15, 0.2) is 5.60 Å². The lowest BCUT2D eigenvalue weighted by Crippen LogP contribution is -2.34. The first-order valence-electron chi connectivity index (χ1n) is 12.8. The van der Waals surface area contributed by atoms with E-state index in [1.807, 2.05) is 78.9 Å². The molecule has 5 nitrogen and oxygen atoms in total. The van der Waals surface area contributed by atoms with Crippen LogP contribution in [0.5, 0.6) is 11.5 Å². The van der Waals surface area contributed by atoms with Crippen LogP contribution >= 0.6 is 0 Å². The van der Waals surface area contributed by atoms with Gasteiger partial charge in [0.1, 0.15) is 11.5 Å². The third-order valence-electron chi connectivity index (χ3n) is 7.17. The van der Waals surface area contributed by atoms with Crippen LogP contribution in [-0.4, -0.2) is 12.5 Å². The Hall–Kier alpha value is -4.25. The fraction of sp³-hybridized carbons (Fsp3) is 0.219. The number of carbonyl (C=O) groups excluding carboxylic acids is 1. The average molecular weight is 491 g/mol. The SMILES string of the molecule is Cc1cc2c(cc1Nc1ccccc1)C1(OC(=O)c3ccccc31)c1c(NCCC(C)C)cccc1O2. The molecule has 1 atom stereocenters. The highest BCUT2D eigenvalue weighted by Gasteiger charge is 2.54. The Balaban J connectivity index is 1.57. The first kappa shape index (κ1) is 23.2. The lowest BCUT2D eigenvalue weighted by atomic mass is 9.76. The maximum absolute atomic E-state index is 13.3. The molecule has 5 heteroatoms. The van der Waals surface area contributed by atoms with E-state index in [0.29, 0.717) is 23.0 Å². The Kier molecular flexibility index (Phi) is 5.64. The number of nitrogens with one attached hydrogen (secondary N) is 2. The van der Waals surface area contributed by atoms with Crippen LogP contribution in [0.3, 0.4) is 0 Å². The molecule has 37 heavy (non-hydrogen) atoms. The van der Waals surface area contributed by atoms with Crippen LogP contribution in [0.15, 0.2) is 84.9 Å². The smallest absolute Gasteiger partial charge is 0.340 e. The molecule has 0 saturated heterocycles. The number of para-hydroxylation sites is 1. The number of benzene rings is 4. The summed E-state index contributed by atoms with van der Waals surface area (Å²) in [6.45, 7) is 7.28. The molecule has 0 amide bonds. The Morgan fingerprint density at radius 2 is 1.62 bits per heavy atom. The number of rotatable bonds is 6. The second kappa shape index (κ2) is 9.00. The van der Waals surface area contributed by atoms with Crippen molar-refractivity contribution < 1.29 is 14.3 Å². The molecule has 2 heterocycles. The molecule has 0 aromatic heterocycles. The van der Waals surface area contributed by atoms with Crippen LogP contribution in [0.4, 0.5) is 17.1 Å². The molecule has 0 radical (unpaired) electrons. The predicted octanol–water partition coefficient (Wildman–Crippen LogP) is 7.76. The lowest BCUT2D eigenvalue weighted by Gasteiger charge is -2.38. The van der Waals surface area contributed by atoms with Gasteiger partial charge < -0.3 is 20.1 Å². The van der Waals surface area contributed by atoms with Crippen molar-refractivity contribution in [1.29, 1.82) is 0 Å². The van der Waals surface area contributed by atoms with E-state index in [0.717, 1.165) is 52.3 Å². The van der Waals surface area contributed by atoms with Crippen LogP contribution < -0.4 is 15.4 Å². The maximum atomic E-state index is 13.3. The topological polar surface area (TPSA) is 59.6 Å². The Labute approximate surface area is 217 Å². The summed E-state index contributed by atoms with van der Waals surface area (Å²) in [4.78, 5) is 13.3. The van der Waals surface area contributed by atoms with Gasteiger partial charge in [0, 0.05) is 34.7 Å². The fourth-order valence-electron chi connectivity index (χ4n) is 5.33. The molecule has 0 bridgehead atoms. The zero-order chi connectivity index (χ0) is 25.6. The van der Waals surface area contributed by atoms with Gasteiger partial charge in [0.05, 0.1) is 11.1 Å². The summed E-state index contributed by atoms with van der Waals surface area (Å²) >= 11 is 0. The summed E-state index contributed by atoms with van der Waals surface area (Å²) in [6, 6.07) is 27.8. The molecule has 0 saturated carbocycles. The highest BCUT2D eigenvalue weighted by atomic mass is 16.6. The number of anilines is 3. The lowest BCUT2D eigenvalue weighted by molar-refractivity contribution is 0.0227. The van der Waals surface area contributed by atoms with E-state index in [2.05, 4.69) is 37.5 Å². The number of hydrogen-bond donors (Lipinski definition) is 2. The van der Waals surface area contributed by atoms with Crippen LogP contribution in [-0.2, 0) is 10.3 Å².